The zero-order chi connectivity index (χ0) is 27.4. The Bertz CT molecular complexity index is 1660. The fourth-order valence-corrected chi connectivity index (χ4v) is 4.67. The Morgan fingerprint density at radius 1 is 1.11 bits per heavy atom. The van der Waals surface area contributed by atoms with Gasteiger partial charge in [-0.1, -0.05) is 41.4 Å². The highest BCUT2D eigenvalue weighted by molar-refractivity contribution is 7.92. The summed E-state index contributed by atoms with van der Waals surface area (Å²) in [5.41, 5.74) is -1.09. The SMILES string of the molecule is COC(=O)c1nc(-c2ccc(S(=O)(=O)Nc3ccccc3OC3=CC=C(Cl)CC=C3Cl)cc2)[nH]c(=O)c1O. The average Bonchev–Trinajstić information content (AvgIpc) is 3.06. The number of aromatic amines is 1. The topological polar surface area (TPSA) is 148 Å². The Hall–Kier alpha value is -4.06. The summed E-state index contributed by atoms with van der Waals surface area (Å²) < 4.78 is 39.1. The van der Waals surface area contributed by atoms with Crippen molar-refractivity contribution in [3.8, 4) is 22.9 Å². The molecule has 4 rings (SSSR count). The molecule has 3 aromatic rings. The van der Waals surface area contributed by atoms with Crippen molar-refractivity contribution in [2.75, 3.05) is 11.8 Å². The molecule has 0 bridgehead atoms. The van der Waals surface area contributed by atoms with Gasteiger partial charge in [-0.2, -0.15) is 0 Å². The smallest absolute Gasteiger partial charge is 0.360 e. The van der Waals surface area contributed by atoms with Crippen LogP contribution in [0.5, 0.6) is 11.5 Å². The number of esters is 1. The molecule has 0 amide bonds. The van der Waals surface area contributed by atoms with Gasteiger partial charge in [-0.15, -0.1) is 0 Å². The predicted molar refractivity (Wildman–Crippen MR) is 142 cm³/mol. The number of sulfonamides is 1. The molecule has 196 valence electrons. The number of H-pyrrole nitrogens is 1. The van der Waals surface area contributed by atoms with Crippen molar-refractivity contribution >= 4 is 44.9 Å². The largest absolute Gasteiger partial charge is 0.501 e. The van der Waals surface area contributed by atoms with Gasteiger partial charge in [-0.3, -0.25) is 9.52 Å². The van der Waals surface area contributed by atoms with Crippen LogP contribution in [0, 0.1) is 0 Å². The molecule has 0 atom stereocenters. The van der Waals surface area contributed by atoms with E-state index in [4.69, 9.17) is 27.9 Å². The number of para-hydroxylation sites is 2. The maximum atomic E-state index is 13.1. The van der Waals surface area contributed by atoms with Gasteiger partial charge in [0.2, 0.25) is 5.75 Å². The number of hydrogen-bond acceptors (Lipinski definition) is 8. The van der Waals surface area contributed by atoms with Crippen molar-refractivity contribution in [2.45, 2.75) is 11.3 Å². The third-order valence-electron chi connectivity index (χ3n) is 5.19. The lowest BCUT2D eigenvalue weighted by Crippen LogP contribution is -2.16. The highest BCUT2D eigenvalue weighted by Crippen LogP contribution is 2.32. The molecule has 2 aromatic carbocycles. The third-order valence-corrected chi connectivity index (χ3v) is 7.19. The van der Waals surface area contributed by atoms with Gasteiger partial charge in [0.25, 0.3) is 15.6 Å². The van der Waals surface area contributed by atoms with E-state index in [1.54, 1.807) is 36.4 Å². The van der Waals surface area contributed by atoms with Crippen LogP contribution in [0.4, 0.5) is 5.69 Å². The number of benzene rings is 2. The summed E-state index contributed by atoms with van der Waals surface area (Å²) in [5.74, 6) is -1.46. The monoisotopic (exact) mass is 575 g/mol. The number of aromatic nitrogens is 2. The zero-order valence-corrected chi connectivity index (χ0v) is 21.9. The number of methoxy groups -OCH3 is 1. The minimum absolute atomic E-state index is 0.0698. The van der Waals surface area contributed by atoms with Crippen molar-refractivity contribution in [3.63, 3.8) is 0 Å². The Morgan fingerprint density at radius 3 is 2.53 bits per heavy atom. The highest BCUT2D eigenvalue weighted by Gasteiger charge is 2.21. The summed E-state index contributed by atoms with van der Waals surface area (Å²) in [6, 6.07) is 11.7. The fraction of sp³-hybridized carbons (Fsp3) is 0.0800. The number of ether oxygens (including phenoxy) is 2. The third kappa shape index (κ3) is 5.91. The van der Waals surface area contributed by atoms with Crippen LogP contribution in [0.1, 0.15) is 16.9 Å². The molecule has 0 aliphatic heterocycles. The molecule has 1 aliphatic rings. The number of hydrogen-bond donors (Lipinski definition) is 3. The van der Waals surface area contributed by atoms with Crippen molar-refractivity contribution < 1.29 is 27.8 Å². The lowest BCUT2D eigenvalue weighted by atomic mass is 10.2. The number of carbonyl (C=O) groups is 1. The van der Waals surface area contributed by atoms with Gasteiger partial charge in [0, 0.05) is 17.0 Å². The van der Waals surface area contributed by atoms with Crippen LogP contribution in [0.2, 0.25) is 0 Å². The van der Waals surface area contributed by atoms with Gasteiger partial charge in [0.15, 0.2) is 11.4 Å². The molecule has 0 spiro atoms. The van der Waals surface area contributed by atoms with E-state index in [0.717, 1.165) is 7.11 Å². The maximum absolute atomic E-state index is 13.1. The molecule has 13 heteroatoms. The van der Waals surface area contributed by atoms with E-state index in [0.29, 0.717) is 22.2 Å². The number of halogens is 2. The Balaban J connectivity index is 1.60. The molecular formula is C25H19Cl2N3O7S. The summed E-state index contributed by atoms with van der Waals surface area (Å²) in [6.07, 6.45) is 5.34. The van der Waals surface area contributed by atoms with Gasteiger partial charge in [0.05, 0.1) is 22.7 Å². The van der Waals surface area contributed by atoms with Crippen LogP contribution in [0.15, 0.2) is 92.3 Å². The lowest BCUT2D eigenvalue weighted by molar-refractivity contribution is 0.0590. The van der Waals surface area contributed by atoms with Gasteiger partial charge >= 0.3 is 5.97 Å². The number of carbonyl (C=O) groups excluding carboxylic acids is 1. The first-order chi connectivity index (χ1) is 18.1. The molecule has 10 nitrogen and oxygen atoms in total. The zero-order valence-electron chi connectivity index (χ0n) is 19.6. The van der Waals surface area contributed by atoms with E-state index in [1.807, 2.05) is 0 Å². The molecule has 3 N–H and O–H groups in total. The number of aromatic hydroxyl groups is 1. The van der Waals surface area contributed by atoms with Crippen LogP contribution < -0.4 is 15.0 Å². The number of allylic oxidation sites excluding steroid dienone is 5. The molecule has 1 aromatic heterocycles. The summed E-state index contributed by atoms with van der Waals surface area (Å²) >= 11 is 12.3. The van der Waals surface area contributed by atoms with Gasteiger partial charge in [0.1, 0.15) is 11.6 Å². The van der Waals surface area contributed by atoms with Gasteiger partial charge < -0.3 is 19.6 Å². The second-order valence-corrected chi connectivity index (χ2v) is 10.3. The van der Waals surface area contributed by atoms with Crippen LogP contribution >= 0.6 is 23.2 Å². The molecule has 0 saturated heterocycles. The van der Waals surface area contributed by atoms with E-state index in [-0.39, 0.29) is 27.7 Å². The number of rotatable bonds is 7. The van der Waals surface area contributed by atoms with Crippen molar-refractivity contribution in [3.05, 3.63) is 98.6 Å². The van der Waals surface area contributed by atoms with Crippen LogP contribution in [-0.4, -0.2) is 36.6 Å². The first-order valence-electron chi connectivity index (χ1n) is 10.8. The molecule has 0 radical (unpaired) electrons. The summed E-state index contributed by atoms with van der Waals surface area (Å²) in [6.45, 7) is 0. The van der Waals surface area contributed by atoms with Crippen molar-refractivity contribution in [1.82, 2.24) is 9.97 Å². The second-order valence-electron chi connectivity index (χ2n) is 7.73. The fourth-order valence-electron chi connectivity index (χ4n) is 3.28. The van der Waals surface area contributed by atoms with E-state index in [1.165, 1.54) is 30.3 Å². The van der Waals surface area contributed by atoms with Crippen LogP contribution in [0.3, 0.4) is 0 Å². The predicted octanol–water partition coefficient (Wildman–Crippen LogP) is 4.64. The summed E-state index contributed by atoms with van der Waals surface area (Å²) in [7, 11) is -3.01. The molecule has 0 saturated carbocycles. The molecule has 1 heterocycles. The van der Waals surface area contributed by atoms with E-state index in [2.05, 4.69) is 19.4 Å². The van der Waals surface area contributed by atoms with Crippen LogP contribution in [-0.2, 0) is 14.8 Å². The summed E-state index contributed by atoms with van der Waals surface area (Å²) in [4.78, 5) is 30.0. The first kappa shape index (κ1) is 27.0. The molecule has 38 heavy (non-hydrogen) atoms. The van der Waals surface area contributed by atoms with Crippen molar-refractivity contribution in [2.24, 2.45) is 0 Å². The number of nitrogens with one attached hydrogen (secondary N) is 2. The highest BCUT2D eigenvalue weighted by atomic mass is 35.5. The number of anilines is 1. The Labute approximate surface area is 226 Å². The Morgan fingerprint density at radius 2 is 1.82 bits per heavy atom. The second kappa shape index (κ2) is 11.1. The molecule has 0 unspecified atom stereocenters. The Kier molecular flexibility index (Phi) is 7.91. The minimum Gasteiger partial charge on any atom is -0.501 e. The molecule has 1 aliphatic carbocycles. The number of nitrogens with zero attached hydrogens (tertiary/aromatic N) is 1. The quantitative estimate of drug-likeness (QED) is 0.345. The standard InChI is InChI=1S/C25H19Cl2N3O7S/c1-36-25(33)21-22(31)24(32)29-23(28-21)14-6-10-16(11-7-14)38(34,35)30-18-4-2-3-5-20(18)37-19-13-9-15(26)8-12-17(19)27/h2-7,9-13,30-31H,8H2,1H3,(H,28,29,32). The van der Waals surface area contributed by atoms with Crippen molar-refractivity contribution in [1.29, 1.82) is 0 Å². The van der Waals surface area contributed by atoms with Gasteiger partial charge in [-0.25, -0.2) is 18.2 Å². The van der Waals surface area contributed by atoms with Gasteiger partial charge in [-0.05, 0) is 48.6 Å². The normalized spacial score (nSPS) is 13.5. The van der Waals surface area contributed by atoms with E-state index >= 15 is 0 Å². The van der Waals surface area contributed by atoms with E-state index < -0.39 is 33.0 Å². The molecule has 0 fully saturated rings. The average molecular weight is 576 g/mol. The maximum Gasteiger partial charge on any atom is 0.360 e. The van der Waals surface area contributed by atoms with Crippen LogP contribution in [0.25, 0.3) is 11.4 Å². The lowest BCUT2D eigenvalue weighted by Gasteiger charge is -2.15. The first-order valence-corrected chi connectivity index (χ1v) is 13.1. The summed E-state index contributed by atoms with van der Waals surface area (Å²) in [5, 5.41) is 10.7. The minimum atomic E-state index is -4.08. The van der Waals surface area contributed by atoms with E-state index in [9.17, 15) is 23.1 Å². The molecular weight excluding hydrogens is 557 g/mol.